The molecule has 2 aromatic rings. The Labute approximate surface area is 169 Å². The fourth-order valence-electron chi connectivity index (χ4n) is 2.70. The van der Waals surface area contributed by atoms with Gasteiger partial charge in [-0.05, 0) is 6.42 Å². The highest BCUT2D eigenvalue weighted by atomic mass is 32.2. The molecule has 0 aromatic carbocycles. The lowest BCUT2D eigenvalue weighted by Gasteiger charge is -2.16. The Morgan fingerprint density at radius 1 is 1.34 bits per heavy atom. The summed E-state index contributed by atoms with van der Waals surface area (Å²) in [6.07, 6.45) is 4.32. The van der Waals surface area contributed by atoms with Gasteiger partial charge in [-0.3, -0.25) is 23.6 Å². The van der Waals surface area contributed by atoms with Crippen LogP contribution in [0.4, 0.5) is 0 Å². The molecule has 0 aliphatic carbocycles. The highest BCUT2D eigenvalue weighted by molar-refractivity contribution is 8.04. The molecule has 29 heavy (non-hydrogen) atoms. The Morgan fingerprint density at radius 3 is 2.90 bits per heavy atom. The van der Waals surface area contributed by atoms with Crippen LogP contribution < -0.4 is 5.56 Å². The van der Waals surface area contributed by atoms with E-state index in [-0.39, 0.29) is 30.4 Å². The van der Waals surface area contributed by atoms with Crippen LogP contribution in [0.2, 0.25) is 0 Å². The number of nitrogens with zero attached hydrogens (tertiary/aromatic N) is 5. The second-order valence-corrected chi connectivity index (χ2v) is 7.09. The van der Waals surface area contributed by atoms with Crippen molar-refractivity contribution in [2.45, 2.75) is 13.0 Å². The average Bonchev–Trinajstić information content (AvgIpc) is 3.24. The van der Waals surface area contributed by atoms with Crippen LogP contribution in [0.5, 0.6) is 0 Å². The quantitative estimate of drug-likeness (QED) is 0.335. The molecule has 0 radical (unpaired) electrons. The highest BCUT2D eigenvalue weighted by Gasteiger charge is 2.27. The Bertz CT molecular complexity index is 1040. The highest BCUT2D eigenvalue weighted by Crippen LogP contribution is 2.28. The van der Waals surface area contributed by atoms with Crippen molar-refractivity contribution >= 4 is 40.6 Å². The molecule has 12 heteroatoms. The second-order valence-electron chi connectivity index (χ2n) is 6.10. The van der Waals surface area contributed by atoms with Crippen molar-refractivity contribution in [1.82, 2.24) is 24.2 Å². The van der Waals surface area contributed by atoms with Crippen molar-refractivity contribution in [3.63, 3.8) is 0 Å². The molecule has 11 nitrogen and oxygen atoms in total. The maximum Gasteiger partial charge on any atom is 0.333 e. The van der Waals surface area contributed by atoms with Gasteiger partial charge in [0, 0.05) is 13.6 Å². The van der Waals surface area contributed by atoms with Crippen LogP contribution >= 0.6 is 11.8 Å². The van der Waals surface area contributed by atoms with Gasteiger partial charge >= 0.3 is 11.9 Å². The molecule has 3 rings (SSSR count). The molecule has 1 aliphatic rings. The summed E-state index contributed by atoms with van der Waals surface area (Å²) in [6, 6.07) is 0. The van der Waals surface area contributed by atoms with Crippen molar-refractivity contribution in [1.29, 1.82) is 0 Å². The first-order valence-corrected chi connectivity index (χ1v) is 9.65. The zero-order chi connectivity index (χ0) is 21.0. The van der Waals surface area contributed by atoms with Crippen LogP contribution in [0.25, 0.3) is 11.0 Å². The van der Waals surface area contributed by atoms with Crippen LogP contribution in [0.1, 0.15) is 6.42 Å². The number of amides is 1. The molecule has 1 fully saturated rings. The molecule has 2 aromatic heterocycles. The van der Waals surface area contributed by atoms with Gasteiger partial charge in [0.25, 0.3) is 5.56 Å². The number of ether oxygens (including phenoxy) is 2. The van der Waals surface area contributed by atoms with E-state index in [1.807, 2.05) is 0 Å². The summed E-state index contributed by atoms with van der Waals surface area (Å²) in [5, 5.41) is 4.80. The van der Waals surface area contributed by atoms with Gasteiger partial charge < -0.3 is 14.4 Å². The first-order valence-electron chi connectivity index (χ1n) is 8.66. The monoisotopic (exact) mass is 421 g/mol. The maximum absolute atomic E-state index is 12.3. The van der Waals surface area contributed by atoms with Gasteiger partial charge in [0.2, 0.25) is 5.91 Å². The van der Waals surface area contributed by atoms with E-state index in [0.29, 0.717) is 29.0 Å². The van der Waals surface area contributed by atoms with E-state index in [1.165, 1.54) is 47.1 Å². The summed E-state index contributed by atoms with van der Waals surface area (Å²) in [5.41, 5.74) is 0.0564. The maximum atomic E-state index is 12.3. The third kappa shape index (κ3) is 4.65. The van der Waals surface area contributed by atoms with Crippen molar-refractivity contribution < 1.29 is 23.9 Å². The molecule has 0 spiro atoms. The number of esters is 2. The lowest BCUT2D eigenvalue weighted by Crippen LogP contribution is -2.28. The number of hydrogen-bond acceptors (Lipinski definition) is 9. The van der Waals surface area contributed by atoms with E-state index in [2.05, 4.69) is 14.8 Å². The number of carbonyl (C=O) groups is 3. The SMILES string of the molecule is COC(=O)/C=C1/SCC(=O)N1CCCOC(=O)Cn1cnc2c(cnn2C)c1=O. The summed E-state index contributed by atoms with van der Waals surface area (Å²) in [6.45, 7) is 0.0871. The molecule has 1 saturated heterocycles. The molecule has 3 heterocycles. The predicted octanol–water partition coefficient (Wildman–Crippen LogP) is -0.347. The Hall–Kier alpha value is -3.15. The fourth-order valence-corrected chi connectivity index (χ4v) is 3.66. The number of thioether (sulfide) groups is 1. The minimum Gasteiger partial charge on any atom is -0.466 e. The standard InChI is InChI=1S/C17H19N5O6S/c1-20-16-11(7-19-20)17(26)21(10-18-16)8-15(25)28-5-3-4-22-12(23)9-29-13(22)6-14(24)27-2/h6-7,10H,3-5,8-9H2,1-2H3/b13-6+. The van der Waals surface area contributed by atoms with Crippen LogP contribution in [0.15, 0.2) is 28.4 Å². The van der Waals surface area contributed by atoms with Gasteiger partial charge in [-0.25, -0.2) is 9.78 Å². The summed E-state index contributed by atoms with van der Waals surface area (Å²) >= 11 is 1.25. The van der Waals surface area contributed by atoms with Crippen LogP contribution in [0.3, 0.4) is 0 Å². The minimum atomic E-state index is -0.593. The average molecular weight is 421 g/mol. The van der Waals surface area contributed by atoms with Gasteiger partial charge in [-0.1, -0.05) is 11.8 Å². The number of aryl methyl sites for hydroxylation is 1. The predicted molar refractivity (Wildman–Crippen MR) is 103 cm³/mol. The molecule has 0 saturated carbocycles. The zero-order valence-corrected chi connectivity index (χ0v) is 16.7. The summed E-state index contributed by atoms with van der Waals surface area (Å²) < 4.78 is 12.4. The third-order valence-electron chi connectivity index (χ3n) is 4.16. The van der Waals surface area contributed by atoms with Crippen molar-refractivity contribution in [2.75, 3.05) is 26.0 Å². The summed E-state index contributed by atoms with van der Waals surface area (Å²) in [7, 11) is 2.93. The summed E-state index contributed by atoms with van der Waals surface area (Å²) in [4.78, 5) is 53.2. The zero-order valence-electron chi connectivity index (χ0n) is 15.9. The molecular weight excluding hydrogens is 402 g/mol. The van der Waals surface area contributed by atoms with Gasteiger partial charge in [0.05, 0.1) is 36.8 Å². The van der Waals surface area contributed by atoms with E-state index in [4.69, 9.17) is 4.74 Å². The van der Waals surface area contributed by atoms with Crippen LogP contribution in [-0.4, -0.2) is 68.1 Å². The first kappa shape index (κ1) is 20.6. The number of aromatic nitrogens is 4. The van der Waals surface area contributed by atoms with E-state index in [1.54, 1.807) is 7.05 Å². The Morgan fingerprint density at radius 2 is 2.14 bits per heavy atom. The summed E-state index contributed by atoms with van der Waals surface area (Å²) in [5.74, 6) is -1.01. The molecule has 1 amide bonds. The van der Waals surface area contributed by atoms with E-state index in [9.17, 15) is 19.2 Å². The topological polar surface area (TPSA) is 126 Å². The Kier molecular flexibility index (Phi) is 6.32. The number of fused-ring (bicyclic) bond motifs is 1. The van der Waals surface area contributed by atoms with Gasteiger partial charge in [-0.2, -0.15) is 5.10 Å². The molecule has 154 valence electrons. The fraction of sp³-hybridized carbons (Fsp3) is 0.412. The normalized spacial score (nSPS) is 15.3. The first-order chi connectivity index (χ1) is 13.9. The van der Waals surface area contributed by atoms with Crippen molar-refractivity contribution in [3.05, 3.63) is 34.0 Å². The molecular formula is C17H19N5O6S. The molecule has 0 unspecified atom stereocenters. The van der Waals surface area contributed by atoms with Crippen molar-refractivity contribution in [3.8, 4) is 0 Å². The lowest BCUT2D eigenvalue weighted by molar-refractivity contribution is -0.144. The number of methoxy groups -OCH3 is 1. The minimum absolute atomic E-state index is 0.0656. The van der Waals surface area contributed by atoms with E-state index >= 15 is 0 Å². The molecule has 0 atom stereocenters. The molecule has 0 N–H and O–H groups in total. The van der Waals surface area contributed by atoms with Crippen LogP contribution in [-0.2, 0) is 37.4 Å². The van der Waals surface area contributed by atoms with E-state index in [0.717, 1.165) is 4.57 Å². The Balaban J connectivity index is 1.51. The van der Waals surface area contributed by atoms with Crippen molar-refractivity contribution in [2.24, 2.45) is 7.05 Å². The third-order valence-corrected chi connectivity index (χ3v) is 5.19. The van der Waals surface area contributed by atoms with Crippen LogP contribution in [0, 0.1) is 0 Å². The van der Waals surface area contributed by atoms with Gasteiger partial charge in [0.15, 0.2) is 5.65 Å². The number of carbonyl (C=O) groups excluding carboxylic acids is 3. The van der Waals surface area contributed by atoms with E-state index < -0.39 is 11.9 Å². The number of hydrogen-bond donors (Lipinski definition) is 0. The smallest absolute Gasteiger partial charge is 0.333 e. The number of rotatable bonds is 7. The van der Waals surface area contributed by atoms with Gasteiger partial charge in [0.1, 0.15) is 18.3 Å². The second kappa shape index (κ2) is 8.90. The molecule has 0 bridgehead atoms. The van der Waals surface area contributed by atoms with Gasteiger partial charge in [-0.15, -0.1) is 0 Å². The lowest BCUT2D eigenvalue weighted by atomic mass is 10.4. The molecule has 1 aliphatic heterocycles. The largest absolute Gasteiger partial charge is 0.466 e.